The first kappa shape index (κ1) is 18.7. The first-order valence-electron chi connectivity index (χ1n) is 11.6. The molecule has 156 valence electrons. The van der Waals surface area contributed by atoms with E-state index in [9.17, 15) is 0 Å². The first-order valence-corrected chi connectivity index (χ1v) is 11.6. The van der Waals surface area contributed by atoms with Gasteiger partial charge in [0, 0.05) is 17.0 Å². The van der Waals surface area contributed by atoms with Gasteiger partial charge in [-0.15, -0.1) is 0 Å². The topological polar surface area (TPSA) is 18.5 Å². The fraction of sp³-hybridized carbons (Fsp3) is 0.310. The van der Waals surface area contributed by atoms with Crippen LogP contribution in [-0.2, 0) is 0 Å². The van der Waals surface area contributed by atoms with Crippen LogP contribution < -0.4 is 9.47 Å². The highest BCUT2D eigenvalue weighted by atomic mass is 16.5. The van der Waals surface area contributed by atoms with Crippen LogP contribution in [0.4, 0.5) is 0 Å². The molecular formula is C29H28O2. The molecule has 2 aliphatic rings. The SMILES string of the molecule is CCCC1CC1C1COc2ccc3ccccc3c2-c2c(ccc3ccccc23)OC1. The zero-order valence-corrected chi connectivity index (χ0v) is 18.0. The predicted molar refractivity (Wildman–Crippen MR) is 128 cm³/mol. The Bertz CT molecular complexity index is 1170. The molecule has 2 nitrogen and oxygen atoms in total. The van der Waals surface area contributed by atoms with Gasteiger partial charge >= 0.3 is 0 Å². The third-order valence-electron chi connectivity index (χ3n) is 7.18. The van der Waals surface area contributed by atoms with Gasteiger partial charge < -0.3 is 9.47 Å². The fourth-order valence-electron chi connectivity index (χ4n) is 5.50. The van der Waals surface area contributed by atoms with Crippen molar-refractivity contribution in [2.75, 3.05) is 13.2 Å². The summed E-state index contributed by atoms with van der Waals surface area (Å²) in [6.45, 7) is 3.73. The van der Waals surface area contributed by atoms with Crippen molar-refractivity contribution in [1.82, 2.24) is 0 Å². The standard InChI is InChI=1S/C29H28O2/c1-2-7-21-16-25(21)22-17-30-26-14-12-19-8-3-5-10-23(19)28(26)29-24-11-6-4-9-20(24)13-15-27(29)31-18-22/h3-6,8-15,21-22,25H,2,7,16-18H2,1H3. The predicted octanol–water partition coefficient (Wildman–Crippen LogP) is 7.48. The summed E-state index contributed by atoms with van der Waals surface area (Å²) >= 11 is 0. The van der Waals surface area contributed by atoms with E-state index in [1.165, 1.54) is 40.8 Å². The molecule has 0 radical (unpaired) electrons. The monoisotopic (exact) mass is 408 g/mol. The lowest BCUT2D eigenvalue weighted by Crippen LogP contribution is -2.22. The fourth-order valence-corrected chi connectivity index (χ4v) is 5.50. The van der Waals surface area contributed by atoms with Gasteiger partial charge in [0.05, 0.1) is 13.2 Å². The Morgan fingerprint density at radius 1 is 0.710 bits per heavy atom. The molecule has 0 amide bonds. The second kappa shape index (κ2) is 7.60. The highest BCUT2D eigenvalue weighted by Gasteiger charge is 2.43. The number of benzene rings is 4. The van der Waals surface area contributed by atoms with E-state index in [-0.39, 0.29) is 0 Å². The first-order chi connectivity index (χ1) is 15.3. The maximum atomic E-state index is 6.58. The Kier molecular flexibility index (Phi) is 4.60. The second-order valence-electron chi connectivity index (χ2n) is 9.15. The van der Waals surface area contributed by atoms with E-state index in [4.69, 9.17) is 9.47 Å². The molecule has 1 aliphatic heterocycles. The Morgan fingerprint density at radius 3 is 1.81 bits per heavy atom. The summed E-state index contributed by atoms with van der Waals surface area (Å²) in [6, 6.07) is 25.9. The van der Waals surface area contributed by atoms with Gasteiger partial charge in [0.1, 0.15) is 11.5 Å². The Hall–Kier alpha value is -3.00. The van der Waals surface area contributed by atoms with Gasteiger partial charge in [0.15, 0.2) is 0 Å². The summed E-state index contributed by atoms with van der Waals surface area (Å²) < 4.78 is 13.2. The molecule has 1 fully saturated rings. The van der Waals surface area contributed by atoms with E-state index >= 15 is 0 Å². The lowest BCUT2D eigenvalue weighted by molar-refractivity contribution is 0.159. The van der Waals surface area contributed by atoms with E-state index in [0.717, 1.165) is 47.7 Å². The van der Waals surface area contributed by atoms with E-state index in [2.05, 4.69) is 79.7 Å². The van der Waals surface area contributed by atoms with Crippen LogP contribution in [0, 0.1) is 17.8 Å². The molecule has 1 heterocycles. The van der Waals surface area contributed by atoms with E-state index < -0.39 is 0 Å². The minimum atomic E-state index is 0.438. The third-order valence-corrected chi connectivity index (χ3v) is 7.18. The summed E-state index contributed by atoms with van der Waals surface area (Å²) in [5.74, 6) is 3.95. The van der Waals surface area contributed by atoms with Crippen molar-refractivity contribution in [1.29, 1.82) is 0 Å². The van der Waals surface area contributed by atoms with Crippen LogP contribution in [0.15, 0.2) is 72.8 Å². The lowest BCUT2D eigenvalue weighted by atomic mass is 9.92. The number of ether oxygens (including phenoxy) is 2. The summed E-state index contributed by atoms with van der Waals surface area (Å²) in [5.41, 5.74) is 2.32. The second-order valence-corrected chi connectivity index (χ2v) is 9.15. The maximum absolute atomic E-state index is 6.58. The molecule has 2 heteroatoms. The van der Waals surface area contributed by atoms with Crippen LogP contribution in [0.3, 0.4) is 0 Å². The van der Waals surface area contributed by atoms with Gasteiger partial charge in [0.25, 0.3) is 0 Å². The van der Waals surface area contributed by atoms with Gasteiger partial charge in [0.2, 0.25) is 0 Å². The average Bonchev–Trinajstić information content (AvgIpc) is 3.56. The molecule has 0 N–H and O–H groups in total. The van der Waals surface area contributed by atoms with Crippen molar-refractivity contribution in [3.8, 4) is 22.6 Å². The van der Waals surface area contributed by atoms with Gasteiger partial charge in [-0.2, -0.15) is 0 Å². The molecule has 0 spiro atoms. The van der Waals surface area contributed by atoms with Crippen LogP contribution in [0.25, 0.3) is 32.7 Å². The van der Waals surface area contributed by atoms with Crippen LogP contribution >= 0.6 is 0 Å². The molecule has 2 atom stereocenters. The van der Waals surface area contributed by atoms with Crippen LogP contribution in [-0.4, -0.2) is 13.2 Å². The molecule has 1 saturated carbocycles. The van der Waals surface area contributed by atoms with Gasteiger partial charge in [-0.05, 0) is 51.9 Å². The van der Waals surface area contributed by atoms with Crippen LogP contribution in [0.1, 0.15) is 26.2 Å². The number of hydrogen-bond acceptors (Lipinski definition) is 2. The molecule has 2 unspecified atom stereocenters. The van der Waals surface area contributed by atoms with Gasteiger partial charge in [-0.1, -0.05) is 80.4 Å². The van der Waals surface area contributed by atoms with Crippen molar-refractivity contribution in [2.45, 2.75) is 26.2 Å². The largest absolute Gasteiger partial charge is 0.492 e. The molecular weight excluding hydrogens is 380 g/mol. The van der Waals surface area contributed by atoms with Gasteiger partial charge in [-0.3, -0.25) is 0 Å². The zero-order valence-electron chi connectivity index (χ0n) is 18.0. The summed E-state index contributed by atoms with van der Waals surface area (Å²) in [5, 5.41) is 4.89. The highest BCUT2D eigenvalue weighted by Crippen LogP contribution is 2.50. The molecule has 1 aliphatic carbocycles. The quantitative estimate of drug-likeness (QED) is 0.350. The lowest BCUT2D eigenvalue weighted by Gasteiger charge is -2.18. The van der Waals surface area contributed by atoms with E-state index in [1.807, 2.05) is 0 Å². The minimum Gasteiger partial charge on any atom is -0.492 e. The number of fused-ring (bicyclic) bond motifs is 7. The minimum absolute atomic E-state index is 0.438. The van der Waals surface area contributed by atoms with E-state index in [1.54, 1.807) is 0 Å². The van der Waals surface area contributed by atoms with Crippen molar-refractivity contribution < 1.29 is 9.47 Å². The number of hydrogen-bond donors (Lipinski definition) is 0. The molecule has 0 aromatic heterocycles. The molecule has 31 heavy (non-hydrogen) atoms. The Balaban J connectivity index is 1.55. The zero-order chi connectivity index (χ0) is 20.8. The molecule has 4 aromatic rings. The van der Waals surface area contributed by atoms with Crippen LogP contribution in [0.2, 0.25) is 0 Å². The Labute approximate surface area is 183 Å². The number of rotatable bonds is 3. The molecule has 0 bridgehead atoms. The molecule has 4 aromatic carbocycles. The van der Waals surface area contributed by atoms with Crippen molar-refractivity contribution in [3.63, 3.8) is 0 Å². The summed E-state index contributed by atoms with van der Waals surface area (Å²) in [4.78, 5) is 0. The summed E-state index contributed by atoms with van der Waals surface area (Å²) in [6.07, 6.45) is 3.91. The van der Waals surface area contributed by atoms with Crippen LogP contribution in [0.5, 0.6) is 11.5 Å². The molecule has 0 saturated heterocycles. The van der Waals surface area contributed by atoms with Gasteiger partial charge in [-0.25, -0.2) is 0 Å². The molecule has 6 rings (SSSR count). The highest BCUT2D eigenvalue weighted by molar-refractivity contribution is 6.09. The Morgan fingerprint density at radius 2 is 1.26 bits per heavy atom. The van der Waals surface area contributed by atoms with E-state index in [0.29, 0.717) is 5.92 Å². The smallest absolute Gasteiger partial charge is 0.127 e. The average molecular weight is 409 g/mol. The van der Waals surface area contributed by atoms with Crippen molar-refractivity contribution >= 4 is 21.5 Å². The third kappa shape index (κ3) is 3.26. The maximum Gasteiger partial charge on any atom is 0.127 e. The summed E-state index contributed by atoms with van der Waals surface area (Å²) in [7, 11) is 0. The van der Waals surface area contributed by atoms with Crippen molar-refractivity contribution in [3.05, 3.63) is 72.8 Å². The van der Waals surface area contributed by atoms with Crippen molar-refractivity contribution in [2.24, 2.45) is 17.8 Å². The normalized spacial score (nSPS) is 20.7.